The average molecular weight is 282 g/mol. The third-order valence-corrected chi connectivity index (χ3v) is 3.89. The number of carbonyl (C=O) groups is 2. The molecule has 0 aliphatic carbocycles. The fraction of sp³-hybridized carbons (Fsp3) is 0.417. The van der Waals surface area contributed by atoms with E-state index in [0.29, 0.717) is 17.3 Å². The molecule has 1 aromatic heterocycles. The van der Waals surface area contributed by atoms with Crippen LogP contribution < -0.4 is 10.3 Å². The SMILES string of the molecule is COC(=O)C1CSCN1C(=O)C[n+]1cccc(N)c1. The lowest BCUT2D eigenvalue weighted by atomic mass is 10.3. The number of methoxy groups -OCH3 is 1. The Bertz CT molecular complexity index is 495. The third kappa shape index (κ3) is 3.17. The van der Waals surface area contributed by atoms with E-state index in [0.717, 1.165) is 0 Å². The lowest BCUT2D eigenvalue weighted by molar-refractivity contribution is -0.684. The molecule has 2 N–H and O–H groups in total. The summed E-state index contributed by atoms with van der Waals surface area (Å²) in [5.74, 6) is 0.619. The highest BCUT2D eigenvalue weighted by Gasteiger charge is 2.36. The van der Waals surface area contributed by atoms with Gasteiger partial charge in [0, 0.05) is 11.8 Å². The van der Waals surface area contributed by atoms with Crippen molar-refractivity contribution >= 4 is 29.3 Å². The lowest BCUT2D eigenvalue weighted by Crippen LogP contribution is -2.49. The first-order chi connectivity index (χ1) is 9.11. The van der Waals surface area contributed by atoms with Crippen molar-refractivity contribution in [3.63, 3.8) is 0 Å². The molecule has 0 bridgehead atoms. The summed E-state index contributed by atoms with van der Waals surface area (Å²) in [7, 11) is 1.33. The van der Waals surface area contributed by atoms with E-state index in [2.05, 4.69) is 0 Å². The Labute approximate surface area is 115 Å². The first-order valence-corrected chi connectivity index (χ1v) is 6.97. The number of esters is 1. The van der Waals surface area contributed by atoms with Gasteiger partial charge in [-0.25, -0.2) is 4.79 Å². The minimum Gasteiger partial charge on any atom is -0.467 e. The van der Waals surface area contributed by atoms with E-state index < -0.39 is 6.04 Å². The molecule has 2 rings (SSSR count). The van der Waals surface area contributed by atoms with Crippen molar-refractivity contribution in [1.29, 1.82) is 0 Å². The number of pyridine rings is 1. The van der Waals surface area contributed by atoms with E-state index in [4.69, 9.17) is 10.5 Å². The van der Waals surface area contributed by atoms with Gasteiger partial charge in [0.25, 0.3) is 5.91 Å². The van der Waals surface area contributed by atoms with Crippen LogP contribution in [-0.2, 0) is 20.9 Å². The number of ether oxygens (including phenoxy) is 1. The second-order valence-corrected chi connectivity index (χ2v) is 5.21. The molecule has 1 fully saturated rings. The Balaban J connectivity index is 2.05. The molecule has 0 radical (unpaired) electrons. The molecule has 0 saturated carbocycles. The van der Waals surface area contributed by atoms with Crippen LogP contribution in [0.4, 0.5) is 5.69 Å². The zero-order valence-electron chi connectivity index (χ0n) is 10.6. The first kappa shape index (κ1) is 13.7. The van der Waals surface area contributed by atoms with Crippen LogP contribution in [0, 0.1) is 0 Å². The predicted octanol–water partition coefficient (Wildman–Crippen LogP) is -0.369. The summed E-state index contributed by atoms with van der Waals surface area (Å²) < 4.78 is 6.41. The fourth-order valence-corrected chi connectivity index (χ4v) is 3.07. The number of hydrogen-bond acceptors (Lipinski definition) is 5. The van der Waals surface area contributed by atoms with Gasteiger partial charge in [0.15, 0.2) is 12.4 Å². The van der Waals surface area contributed by atoms with Crippen LogP contribution >= 0.6 is 11.8 Å². The van der Waals surface area contributed by atoms with Crippen LogP contribution in [0.2, 0.25) is 0 Å². The Hall–Kier alpha value is -1.76. The second-order valence-electron chi connectivity index (χ2n) is 4.21. The highest BCUT2D eigenvalue weighted by atomic mass is 32.2. The number of nitrogen functional groups attached to an aromatic ring is 1. The molecule has 1 amide bonds. The topological polar surface area (TPSA) is 76.5 Å². The van der Waals surface area contributed by atoms with E-state index in [-0.39, 0.29) is 18.4 Å². The quantitative estimate of drug-likeness (QED) is 0.605. The Morgan fingerprint density at radius 3 is 3.11 bits per heavy atom. The molecule has 2 heterocycles. The van der Waals surface area contributed by atoms with Crippen molar-refractivity contribution in [2.45, 2.75) is 12.6 Å². The molecule has 0 spiro atoms. The highest BCUT2D eigenvalue weighted by molar-refractivity contribution is 7.99. The van der Waals surface area contributed by atoms with Gasteiger partial charge in [0.1, 0.15) is 6.04 Å². The molecule has 6 nitrogen and oxygen atoms in total. The van der Waals surface area contributed by atoms with Crippen LogP contribution in [0.3, 0.4) is 0 Å². The number of amides is 1. The molecule has 1 unspecified atom stereocenters. The Morgan fingerprint density at radius 2 is 2.42 bits per heavy atom. The minimum atomic E-state index is -0.482. The van der Waals surface area contributed by atoms with E-state index >= 15 is 0 Å². The van der Waals surface area contributed by atoms with Crippen molar-refractivity contribution < 1.29 is 18.9 Å². The van der Waals surface area contributed by atoms with E-state index in [1.54, 1.807) is 45.8 Å². The molecule has 0 aromatic carbocycles. The molecule has 19 heavy (non-hydrogen) atoms. The smallest absolute Gasteiger partial charge is 0.329 e. The zero-order chi connectivity index (χ0) is 13.8. The summed E-state index contributed by atoms with van der Waals surface area (Å²) in [6, 6.07) is 3.05. The van der Waals surface area contributed by atoms with Gasteiger partial charge in [0.05, 0.1) is 18.7 Å². The van der Waals surface area contributed by atoms with Gasteiger partial charge in [-0.1, -0.05) is 0 Å². The third-order valence-electron chi connectivity index (χ3n) is 2.87. The van der Waals surface area contributed by atoms with Gasteiger partial charge in [-0.15, -0.1) is 11.8 Å². The maximum Gasteiger partial charge on any atom is 0.329 e. The number of anilines is 1. The standard InChI is InChI=1S/C12H16N3O3S/c1-18-12(17)10-7-19-8-15(10)11(16)6-14-4-2-3-9(13)5-14/h2-5,10H,6-8,13H2,1H3/q+1. The molecule has 7 heteroatoms. The number of aromatic nitrogens is 1. The molecule has 1 aromatic rings. The summed E-state index contributed by atoms with van der Waals surface area (Å²) in [6.45, 7) is 0.166. The van der Waals surface area contributed by atoms with Crippen molar-refractivity contribution in [3.8, 4) is 0 Å². The van der Waals surface area contributed by atoms with Gasteiger partial charge < -0.3 is 15.4 Å². The second kappa shape index (κ2) is 5.92. The van der Waals surface area contributed by atoms with Gasteiger partial charge in [-0.3, -0.25) is 4.79 Å². The minimum absolute atomic E-state index is 0.115. The predicted molar refractivity (Wildman–Crippen MR) is 71.0 cm³/mol. The maximum atomic E-state index is 12.2. The van der Waals surface area contributed by atoms with E-state index in [9.17, 15) is 9.59 Å². The fourth-order valence-electron chi connectivity index (χ4n) is 1.91. The van der Waals surface area contributed by atoms with Gasteiger partial charge >= 0.3 is 5.97 Å². The van der Waals surface area contributed by atoms with Crippen LogP contribution in [0.15, 0.2) is 24.5 Å². The molecular weight excluding hydrogens is 266 g/mol. The number of rotatable bonds is 3. The van der Waals surface area contributed by atoms with Crippen LogP contribution in [0.5, 0.6) is 0 Å². The van der Waals surface area contributed by atoms with E-state index in [1.807, 2.05) is 0 Å². The molecule has 1 saturated heterocycles. The Morgan fingerprint density at radius 1 is 1.63 bits per heavy atom. The summed E-state index contributed by atoms with van der Waals surface area (Å²) >= 11 is 1.55. The van der Waals surface area contributed by atoms with E-state index in [1.165, 1.54) is 7.11 Å². The van der Waals surface area contributed by atoms with Crippen molar-refractivity contribution in [3.05, 3.63) is 24.5 Å². The number of nitrogens with two attached hydrogens (primary N) is 1. The van der Waals surface area contributed by atoms with Gasteiger partial charge in [0.2, 0.25) is 6.54 Å². The lowest BCUT2D eigenvalue weighted by Gasteiger charge is -2.20. The van der Waals surface area contributed by atoms with Crippen molar-refractivity contribution in [2.75, 3.05) is 24.5 Å². The molecular formula is C12H16N3O3S+. The number of hydrogen-bond donors (Lipinski definition) is 1. The highest BCUT2D eigenvalue weighted by Crippen LogP contribution is 2.21. The monoisotopic (exact) mass is 282 g/mol. The van der Waals surface area contributed by atoms with Crippen LogP contribution in [0.1, 0.15) is 0 Å². The zero-order valence-corrected chi connectivity index (χ0v) is 11.4. The molecule has 1 aliphatic heterocycles. The number of thioether (sulfide) groups is 1. The Kier molecular flexibility index (Phi) is 4.26. The maximum absolute atomic E-state index is 12.2. The summed E-state index contributed by atoms with van der Waals surface area (Å²) in [6.07, 6.45) is 3.46. The molecule has 1 aliphatic rings. The first-order valence-electron chi connectivity index (χ1n) is 5.81. The molecule has 102 valence electrons. The summed E-state index contributed by atoms with van der Waals surface area (Å²) in [4.78, 5) is 25.3. The van der Waals surface area contributed by atoms with Crippen LogP contribution in [0.25, 0.3) is 0 Å². The summed E-state index contributed by atoms with van der Waals surface area (Å²) in [5, 5.41) is 0. The van der Waals surface area contributed by atoms with Crippen molar-refractivity contribution in [2.24, 2.45) is 0 Å². The number of nitrogens with zero attached hydrogens (tertiary/aromatic N) is 2. The van der Waals surface area contributed by atoms with Crippen LogP contribution in [-0.4, -0.2) is 41.6 Å². The van der Waals surface area contributed by atoms with Gasteiger partial charge in [-0.05, 0) is 6.07 Å². The molecule has 1 atom stereocenters. The largest absolute Gasteiger partial charge is 0.467 e. The average Bonchev–Trinajstić information content (AvgIpc) is 2.87. The van der Waals surface area contributed by atoms with Crippen molar-refractivity contribution in [1.82, 2.24) is 4.90 Å². The van der Waals surface area contributed by atoms with Gasteiger partial charge in [-0.2, -0.15) is 4.57 Å². The summed E-state index contributed by atoms with van der Waals surface area (Å²) in [5.41, 5.74) is 6.25. The number of carbonyl (C=O) groups excluding carboxylic acids is 2. The normalized spacial score (nSPS) is 18.4.